The van der Waals surface area contributed by atoms with Crippen LogP contribution in [0.15, 0.2) is 12.1 Å². The van der Waals surface area contributed by atoms with Crippen LogP contribution in [-0.4, -0.2) is 37.5 Å². The molecule has 94 valence electrons. The molecule has 1 aromatic rings. The third-order valence-electron chi connectivity index (χ3n) is 3.29. The van der Waals surface area contributed by atoms with Gasteiger partial charge >= 0.3 is 0 Å². The van der Waals surface area contributed by atoms with Crippen molar-refractivity contribution in [1.29, 1.82) is 0 Å². The smallest absolute Gasteiger partial charge is 0.263 e. The van der Waals surface area contributed by atoms with Crippen molar-refractivity contribution in [1.82, 2.24) is 10.2 Å². The Hall–Kier alpha value is -0.870. The van der Waals surface area contributed by atoms with E-state index in [1.807, 2.05) is 31.0 Å². The van der Waals surface area contributed by atoms with Crippen molar-refractivity contribution in [2.24, 2.45) is 5.92 Å². The first-order valence-corrected chi connectivity index (χ1v) is 7.01. The van der Waals surface area contributed by atoms with E-state index in [1.165, 1.54) is 17.7 Å². The first-order valence-electron chi connectivity index (χ1n) is 6.19. The van der Waals surface area contributed by atoms with Gasteiger partial charge in [0.2, 0.25) is 0 Å². The van der Waals surface area contributed by atoms with Gasteiger partial charge in [0.1, 0.15) is 0 Å². The minimum absolute atomic E-state index is 0.168. The number of thiophene rings is 1. The van der Waals surface area contributed by atoms with Gasteiger partial charge < -0.3 is 10.2 Å². The molecule has 0 aliphatic carbocycles. The van der Waals surface area contributed by atoms with Crippen LogP contribution in [0.5, 0.6) is 0 Å². The van der Waals surface area contributed by atoms with Crippen molar-refractivity contribution in [3.63, 3.8) is 0 Å². The van der Waals surface area contributed by atoms with E-state index in [9.17, 15) is 4.79 Å². The van der Waals surface area contributed by atoms with Crippen molar-refractivity contribution in [2.45, 2.75) is 19.8 Å². The molecule has 0 unspecified atom stereocenters. The lowest BCUT2D eigenvalue weighted by Crippen LogP contribution is -2.36. The van der Waals surface area contributed by atoms with Crippen LogP contribution in [0.3, 0.4) is 0 Å². The zero-order valence-corrected chi connectivity index (χ0v) is 11.3. The zero-order chi connectivity index (χ0) is 12.3. The maximum absolute atomic E-state index is 12.2. The predicted molar refractivity (Wildman–Crippen MR) is 71.6 cm³/mol. The van der Waals surface area contributed by atoms with Gasteiger partial charge in [0.25, 0.3) is 5.91 Å². The van der Waals surface area contributed by atoms with Crippen LogP contribution in [0.1, 0.15) is 27.4 Å². The molecule has 1 aromatic heterocycles. The highest BCUT2D eigenvalue weighted by molar-refractivity contribution is 7.13. The molecule has 2 rings (SSSR count). The summed E-state index contributed by atoms with van der Waals surface area (Å²) in [5, 5.41) is 3.35. The molecule has 1 N–H and O–H groups in total. The molecule has 0 atom stereocenters. The van der Waals surface area contributed by atoms with Crippen molar-refractivity contribution in [3.8, 4) is 0 Å². The highest BCUT2D eigenvalue weighted by Gasteiger charge is 2.19. The number of carbonyl (C=O) groups excluding carboxylic acids is 1. The minimum atomic E-state index is 0.168. The normalized spacial score (nSPS) is 17.1. The highest BCUT2D eigenvalue weighted by atomic mass is 32.1. The van der Waals surface area contributed by atoms with Crippen LogP contribution in [-0.2, 0) is 0 Å². The standard InChI is InChI=1S/C13H20N2OS/c1-10-3-4-12(17-10)13(16)15(2)9-11-5-7-14-8-6-11/h3-4,11,14H,5-9H2,1-2H3. The largest absolute Gasteiger partial charge is 0.341 e. The molecule has 0 aromatic carbocycles. The molecule has 1 saturated heterocycles. The highest BCUT2D eigenvalue weighted by Crippen LogP contribution is 2.19. The lowest BCUT2D eigenvalue weighted by atomic mass is 9.98. The third kappa shape index (κ3) is 3.30. The summed E-state index contributed by atoms with van der Waals surface area (Å²) in [6, 6.07) is 3.94. The van der Waals surface area contributed by atoms with Gasteiger partial charge in [-0.3, -0.25) is 4.79 Å². The van der Waals surface area contributed by atoms with Gasteiger partial charge in [0.05, 0.1) is 4.88 Å². The van der Waals surface area contributed by atoms with Crippen molar-refractivity contribution in [2.75, 3.05) is 26.7 Å². The van der Waals surface area contributed by atoms with Crippen molar-refractivity contribution >= 4 is 17.2 Å². The minimum Gasteiger partial charge on any atom is -0.341 e. The number of hydrogen-bond donors (Lipinski definition) is 1. The summed E-state index contributed by atoms with van der Waals surface area (Å²) in [6.45, 7) is 5.10. The molecule has 0 bridgehead atoms. The molecule has 0 saturated carbocycles. The summed E-state index contributed by atoms with van der Waals surface area (Å²) in [7, 11) is 1.92. The average molecular weight is 252 g/mol. The molecule has 1 aliphatic rings. The first-order chi connectivity index (χ1) is 8.16. The van der Waals surface area contributed by atoms with Gasteiger partial charge in [-0.15, -0.1) is 11.3 Å². The summed E-state index contributed by atoms with van der Waals surface area (Å²) in [6.07, 6.45) is 2.36. The molecule has 2 heterocycles. The molecule has 0 radical (unpaired) electrons. The Bertz CT molecular complexity index is 383. The number of piperidine rings is 1. The summed E-state index contributed by atoms with van der Waals surface area (Å²) >= 11 is 1.58. The van der Waals surface area contributed by atoms with E-state index in [0.717, 1.165) is 24.5 Å². The van der Waals surface area contributed by atoms with Gasteiger partial charge in [0, 0.05) is 18.5 Å². The van der Waals surface area contributed by atoms with Crippen LogP contribution in [0.4, 0.5) is 0 Å². The SMILES string of the molecule is Cc1ccc(C(=O)N(C)CC2CCNCC2)s1. The molecule has 0 spiro atoms. The quantitative estimate of drug-likeness (QED) is 0.894. The van der Waals surface area contributed by atoms with Crippen LogP contribution in [0.2, 0.25) is 0 Å². The van der Waals surface area contributed by atoms with Gasteiger partial charge in [-0.2, -0.15) is 0 Å². The van der Waals surface area contributed by atoms with Crippen LogP contribution < -0.4 is 5.32 Å². The monoisotopic (exact) mass is 252 g/mol. The molecule has 1 fully saturated rings. The van der Waals surface area contributed by atoms with Gasteiger partial charge in [-0.05, 0) is 50.9 Å². The van der Waals surface area contributed by atoms with E-state index in [0.29, 0.717) is 5.92 Å². The Labute approximate surface area is 107 Å². The number of nitrogens with zero attached hydrogens (tertiary/aromatic N) is 1. The van der Waals surface area contributed by atoms with Crippen LogP contribution in [0, 0.1) is 12.8 Å². The molecule has 1 amide bonds. The zero-order valence-electron chi connectivity index (χ0n) is 10.5. The maximum atomic E-state index is 12.2. The van der Waals surface area contributed by atoms with Gasteiger partial charge in [-0.25, -0.2) is 0 Å². The molecule has 4 heteroatoms. The lowest BCUT2D eigenvalue weighted by molar-refractivity contribution is 0.0767. The number of hydrogen-bond acceptors (Lipinski definition) is 3. The summed E-state index contributed by atoms with van der Waals surface area (Å²) in [4.78, 5) is 16.1. The lowest BCUT2D eigenvalue weighted by Gasteiger charge is -2.27. The van der Waals surface area contributed by atoms with Gasteiger partial charge in [-0.1, -0.05) is 0 Å². The number of aryl methyl sites for hydroxylation is 1. The van der Waals surface area contributed by atoms with E-state index in [-0.39, 0.29) is 5.91 Å². The van der Waals surface area contributed by atoms with Crippen molar-refractivity contribution in [3.05, 3.63) is 21.9 Å². The fourth-order valence-electron chi connectivity index (χ4n) is 2.27. The van der Waals surface area contributed by atoms with Crippen LogP contribution >= 0.6 is 11.3 Å². The van der Waals surface area contributed by atoms with Crippen LogP contribution in [0.25, 0.3) is 0 Å². The molecular weight excluding hydrogens is 232 g/mol. The number of rotatable bonds is 3. The number of nitrogens with one attached hydrogen (secondary N) is 1. The summed E-state index contributed by atoms with van der Waals surface area (Å²) in [5.74, 6) is 0.827. The van der Waals surface area contributed by atoms with Crippen molar-refractivity contribution < 1.29 is 4.79 Å². The Morgan fingerprint density at radius 3 is 2.76 bits per heavy atom. The summed E-state index contributed by atoms with van der Waals surface area (Å²) in [5.41, 5.74) is 0. The fourth-order valence-corrected chi connectivity index (χ4v) is 3.13. The second-order valence-electron chi connectivity index (χ2n) is 4.79. The molecular formula is C13H20N2OS. The average Bonchev–Trinajstić information content (AvgIpc) is 2.76. The maximum Gasteiger partial charge on any atom is 0.263 e. The Balaban J connectivity index is 1.90. The first kappa shape index (κ1) is 12.6. The Kier molecular flexibility index (Phi) is 4.18. The topological polar surface area (TPSA) is 32.3 Å². The van der Waals surface area contributed by atoms with E-state index in [1.54, 1.807) is 11.3 Å². The Morgan fingerprint density at radius 1 is 1.47 bits per heavy atom. The summed E-state index contributed by atoms with van der Waals surface area (Å²) < 4.78 is 0. The second-order valence-corrected chi connectivity index (χ2v) is 6.08. The van der Waals surface area contributed by atoms with E-state index in [4.69, 9.17) is 0 Å². The molecule has 1 aliphatic heterocycles. The van der Waals surface area contributed by atoms with E-state index < -0.39 is 0 Å². The molecule has 17 heavy (non-hydrogen) atoms. The van der Waals surface area contributed by atoms with E-state index in [2.05, 4.69) is 5.32 Å². The number of carbonyl (C=O) groups is 1. The van der Waals surface area contributed by atoms with Gasteiger partial charge in [0.15, 0.2) is 0 Å². The molecule has 3 nitrogen and oxygen atoms in total. The van der Waals surface area contributed by atoms with E-state index >= 15 is 0 Å². The Morgan fingerprint density at radius 2 is 2.18 bits per heavy atom. The predicted octanol–water partition coefficient (Wildman–Crippen LogP) is 2.13. The third-order valence-corrected chi connectivity index (χ3v) is 4.28. The number of amides is 1. The second kappa shape index (κ2) is 5.65. The fraction of sp³-hybridized carbons (Fsp3) is 0.615.